The summed E-state index contributed by atoms with van der Waals surface area (Å²) in [6.07, 6.45) is 1.86. The molecule has 0 saturated carbocycles. The van der Waals surface area contributed by atoms with Gasteiger partial charge in [-0.05, 0) is 38.6 Å². The zero-order valence-electron chi connectivity index (χ0n) is 10.9. The summed E-state index contributed by atoms with van der Waals surface area (Å²) in [5, 5.41) is 7.90. The molecule has 0 aliphatic carbocycles. The summed E-state index contributed by atoms with van der Waals surface area (Å²) in [4.78, 5) is 1.23. The fourth-order valence-electron chi connectivity index (χ4n) is 2.02. The van der Waals surface area contributed by atoms with Gasteiger partial charge >= 0.3 is 0 Å². The highest BCUT2D eigenvalue weighted by molar-refractivity contribution is 7.16. The lowest BCUT2D eigenvalue weighted by Gasteiger charge is -2.20. The molecule has 0 saturated heterocycles. The third-order valence-electron chi connectivity index (χ3n) is 2.77. The Morgan fingerprint density at radius 3 is 2.72 bits per heavy atom. The van der Waals surface area contributed by atoms with Crippen molar-refractivity contribution in [1.82, 2.24) is 15.1 Å². The van der Waals surface area contributed by atoms with E-state index in [9.17, 15) is 0 Å². The highest BCUT2D eigenvalue weighted by Crippen LogP contribution is 2.31. The molecule has 0 aliphatic rings. The van der Waals surface area contributed by atoms with Crippen LogP contribution in [0.2, 0.25) is 4.34 Å². The standard InChI is InChI=1S/C13H18ClN3S/c1-4-15-13(11-5-6-12(14)18-11)10-7-8-16-17(10)9(2)3/h5-9,13,15H,4H2,1-3H3. The average Bonchev–Trinajstić information content (AvgIpc) is 2.94. The van der Waals surface area contributed by atoms with Crippen LogP contribution >= 0.6 is 22.9 Å². The van der Waals surface area contributed by atoms with E-state index in [0.29, 0.717) is 6.04 Å². The summed E-state index contributed by atoms with van der Waals surface area (Å²) < 4.78 is 2.88. The molecule has 3 nitrogen and oxygen atoms in total. The first-order valence-corrected chi connectivity index (χ1v) is 7.35. The molecule has 0 fully saturated rings. The maximum absolute atomic E-state index is 6.04. The topological polar surface area (TPSA) is 29.9 Å². The van der Waals surface area contributed by atoms with Gasteiger partial charge in [0.1, 0.15) is 0 Å². The monoisotopic (exact) mass is 283 g/mol. The van der Waals surface area contributed by atoms with Crippen LogP contribution in [0, 0.1) is 0 Å². The van der Waals surface area contributed by atoms with Crippen molar-refractivity contribution >= 4 is 22.9 Å². The summed E-state index contributed by atoms with van der Waals surface area (Å²) >= 11 is 7.65. The maximum Gasteiger partial charge on any atom is 0.0931 e. The smallest absolute Gasteiger partial charge is 0.0931 e. The molecule has 0 amide bonds. The van der Waals surface area contributed by atoms with Crippen LogP contribution in [0.3, 0.4) is 0 Å². The Hall–Kier alpha value is -0.840. The quantitative estimate of drug-likeness (QED) is 0.902. The lowest BCUT2D eigenvalue weighted by molar-refractivity contribution is 0.478. The first kappa shape index (κ1) is 13.6. The fourth-order valence-corrected chi connectivity index (χ4v) is 3.17. The zero-order valence-corrected chi connectivity index (χ0v) is 12.4. The van der Waals surface area contributed by atoms with Crippen molar-refractivity contribution in [3.63, 3.8) is 0 Å². The van der Waals surface area contributed by atoms with E-state index < -0.39 is 0 Å². The Morgan fingerprint density at radius 2 is 2.17 bits per heavy atom. The van der Waals surface area contributed by atoms with Gasteiger partial charge in [0.25, 0.3) is 0 Å². The molecular weight excluding hydrogens is 266 g/mol. The van der Waals surface area contributed by atoms with Crippen molar-refractivity contribution in [2.45, 2.75) is 32.9 Å². The van der Waals surface area contributed by atoms with E-state index in [2.05, 4.69) is 48.0 Å². The van der Waals surface area contributed by atoms with Crippen LogP contribution in [0.4, 0.5) is 0 Å². The number of hydrogen-bond acceptors (Lipinski definition) is 3. The van der Waals surface area contributed by atoms with Gasteiger partial charge in [0.15, 0.2) is 0 Å². The number of nitrogens with one attached hydrogen (secondary N) is 1. The second-order valence-electron chi connectivity index (χ2n) is 4.43. The average molecular weight is 284 g/mol. The van der Waals surface area contributed by atoms with Crippen molar-refractivity contribution in [2.24, 2.45) is 0 Å². The number of nitrogens with zero attached hydrogens (tertiary/aromatic N) is 2. The maximum atomic E-state index is 6.04. The van der Waals surface area contributed by atoms with E-state index in [-0.39, 0.29) is 6.04 Å². The van der Waals surface area contributed by atoms with Gasteiger partial charge in [0.2, 0.25) is 0 Å². The number of aromatic nitrogens is 2. The van der Waals surface area contributed by atoms with Crippen LogP contribution in [0.25, 0.3) is 0 Å². The minimum atomic E-state index is 0.164. The molecule has 0 aromatic carbocycles. The lowest BCUT2D eigenvalue weighted by Crippen LogP contribution is -2.24. The number of hydrogen-bond donors (Lipinski definition) is 1. The van der Waals surface area contributed by atoms with E-state index in [1.54, 1.807) is 11.3 Å². The van der Waals surface area contributed by atoms with Gasteiger partial charge in [0.05, 0.1) is 16.1 Å². The largest absolute Gasteiger partial charge is 0.305 e. The SMILES string of the molecule is CCNC(c1ccc(Cl)s1)c1ccnn1C(C)C. The van der Waals surface area contributed by atoms with Gasteiger partial charge in [-0.2, -0.15) is 5.10 Å². The van der Waals surface area contributed by atoms with Gasteiger partial charge in [-0.1, -0.05) is 18.5 Å². The van der Waals surface area contributed by atoms with E-state index in [0.717, 1.165) is 10.9 Å². The number of thiophene rings is 1. The molecule has 2 heterocycles. The van der Waals surface area contributed by atoms with E-state index in [4.69, 9.17) is 11.6 Å². The molecule has 2 aromatic rings. The second-order valence-corrected chi connectivity index (χ2v) is 6.17. The number of halogens is 1. The Morgan fingerprint density at radius 1 is 1.39 bits per heavy atom. The summed E-state index contributed by atoms with van der Waals surface area (Å²) in [6, 6.07) is 6.62. The molecule has 0 radical (unpaired) electrons. The zero-order chi connectivity index (χ0) is 13.1. The van der Waals surface area contributed by atoms with Crippen LogP contribution in [-0.4, -0.2) is 16.3 Å². The summed E-state index contributed by atoms with van der Waals surface area (Å²) in [5.74, 6) is 0. The van der Waals surface area contributed by atoms with Crippen LogP contribution < -0.4 is 5.32 Å². The van der Waals surface area contributed by atoms with Gasteiger partial charge in [-0.3, -0.25) is 4.68 Å². The second kappa shape index (κ2) is 5.87. The molecule has 0 aliphatic heterocycles. The van der Waals surface area contributed by atoms with Crippen molar-refractivity contribution in [2.75, 3.05) is 6.54 Å². The van der Waals surface area contributed by atoms with E-state index in [1.165, 1.54) is 10.6 Å². The van der Waals surface area contributed by atoms with Gasteiger partial charge < -0.3 is 5.32 Å². The van der Waals surface area contributed by atoms with Crippen LogP contribution in [0.15, 0.2) is 24.4 Å². The van der Waals surface area contributed by atoms with E-state index in [1.807, 2.05) is 12.3 Å². The Kier molecular flexibility index (Phi) is 4.43. The van der Waals surface area contributed by atoms with Gasteiger partial charge in [-0.25, -0.2) is 0 Å². The van der Waals surface area contributed by atoms with Crippen molar-refractivity contribution in [1.29, 1.82) is 0 Å². The third kappa shape index (κ3) is 2.76. The Labute approximate surface area is 117 Å². The fraction of sp³-hybridized carbons (Fsp3) is 0.462. The van der Waals surface area contributed by atoms with Crippen molar-refractivity contribution in [3.05, 3.63) is 39.3 Å². The van der Waals surface area contributed by atoms with Crippen LogP contribution in [0.5, 0.6) is 0 Å². The molecule has 98 valence electrons. The van der Waals surface area contributed by atoms with Gasteiger partial charge in [-0.15, -0.1) is 11.3 Å². The van der Waals surface area contributed by atoms with E-state index >= 15 is 0 Å². The molecule has 1 N–H and O–H groups in total. The summed E-state index contributed by atoms with van der Waals surface area (Å²) in [5.41, 5.74) is 1.19. The normalized spacial score (nSPS) is 13.2. The minimum absolute atomic E-state index is 0.164. The molecule has 1 atom stereocenters. The Bertz CT molecular complexity index is 504. The van der Waals surface area contributed by atoms with Crippen LogP contribution in [-0.2, 0) is 0 Å². The molecule has 18 heavy (non-hydrogen) atoms. The predicted molar refractivity (Wildman–Crippen MR) is 77.5 cm³/mol. The molecule has 1 unspecified atom stereocenters. The lowest BCUT2D eigenvalue weighted by atomic mass is 10.1. The molecule has 0 spiro atoms. The highest BCUT2D eigenvalue weighted by atomic mass is 35.5. The third-order valence-corrected chi connectivity index (χ3v) is 4.07. The van der Waals surface area contributed by atoms with Gasteiger partial charge in [0, 0.05) is 17.1 Å². The summed E-state index contributed by atoms with van der Waals surface area (Å²) in [6.45, 7) is 7.30. The predicted octanol–water partition coefficient (Wildman–Crippen LogP) is 3.88. The molecule has 0 bridgehead atoms. The first-order chi connectivity index (χ1) is 8.63. The minimum Gasteiger partial charge on any atom is -0.305 e. The molecule has 2 rings (SSSR count). The van der Waals surface area contributed by atoms with Crippen molar-refractivity contribution in [3.8, 4) is 0 Å². The molecular formula is C13H18ClN3S. The number of rotatable bonds is 5. The first-order valence-electron chi connectivity index (χ1n) is 6.15. The molecule has 5 heteroatoms. The van der Waals surface area contributed by atoms with Crippen LogP contribution in [0.1, 0.15) is 43.4 Å². The summed E-state index contributed by atoms with van der Waals surface area (Å²) in [7, 11) is 0. The molecule has 2 aromatic heterocycles. The Balaban J connectivity index is 2.38. The van der Waals surface area contributed by atoms with Crippen molar-refractivity contribution < 1.29 is 0 Å². The highest BCUT2D eigenvalue weighted by Gasteiger charge is 2.20.